The molecule has 1 N–H and O–H groups in total. The fourth-order valence-electron chi connectivity index (χ4n) is 3.23. The van der Waals surface area contributed by atoms with Crippen LogP contribution in [-0.4, -0.2) is 41.3 Å². The van der Waals surface area contributed by atoms with Crippen LogP contribution in [0.15, 0.2) is 0 Å². The van der Waals surface area contributed by atoms with Gasteiger partial charge in [-0.05, 0) is 37.0 Å². The molecule has 0 spiro atoms. The van der Waals surface area contributed by atoms with Crippen molar-refractivity contribution in [3.05, 3.63) is 0 Å². The summed E-state index contributed by atoms with van der Waals surface area (Å²) >= 11 is 0. The summed E-state index contributed by atoms with van der Waals surface area (Å²) in [5, 5.41) is 8.85. The number of rotatable bonds is 4. The molecule has 21 heavy (non-hydrogen) atoms. The molecule has 0 bridgehead atoms. The second-order valence-electron chi connectivity index (χ2n) is 7.14. The van der Waals surface area contributed by atoms with Gasteiger partial charge in [0.1, 0.15) is 0 Å². The van der Waals surface area contributed by atoms with E-state index in [9.17, 15) is 18.0 Å². The van der Waals surface area contributed by atoms with Crippen molar-refractivity contribution in [1.29, 1.82) is 0 Å². The second-order valence-corrected chi connectivity index (χ2v) is 7.14. The molecular formula is C15H26F3NO2. The second kappa shape index (κ2) is 6.99. The Balaban J connectivity index is 2.72. The predicted molar refractivity (Wildman–Crippen MR) is 75.1 cm³/mol. The van der Waals surface area contributed by atoms with Crippen LogP contribution in [0.25, 0.3) is 0 Å². The molecule has 2 atom stereocenters. The molecule has 124 valence electrons. The first-order valence-electron chi connectivity index (χ1n) is 7.51. The van der Waals surface area contributed by atoms with Gasteiger partial charge in [-0.1, -0.05) is 27.2 Å². The molecule has 0 aromatic rings. The number of aliphatic carboxylic acids is 1. The van der Waals surface area contributed by atoms with Crippen LogP contribution in [0.1, 0.15) is 52.9 Å². The lowest BCUT2D eigenvalue weighted by Gasteiger charge is -2.32. The normalized spacial score (nSPS) is 24.9. The molecule has 2 unspecified atom stereocenters. The Labute approximate surface area is 124 Å². The highest BCUT2D eigenvalue weighted by molar-refractivity contribution is 5.69. The molecule has 6 heteroatoms. The molecule has 1 fully saturated rings. The highest BCUT2D eigenvalue weighted by atomic mass is 19.4. The first-order valence-corrected chi connectivity index (χ1v) is 7.51. The van der Waals surface area contributed by atoms with Crippen LogP contribution >= 0.6 is 0 Å². The van der Waals surface area contributed by atoms with Gasteiger partial charge >= 0.3 is 12.1 Å². The summed E-state index contributed by atoms with van der Waals surface area (Å²) in [5.74, 6) is -0.712. The predicted octanol–water partition coefficient (Wildman–Crippen LogP) is 3.93. The Morgan fingerprint density at radius 1 is 1.14 bits per heavy atom. The minimum Gasteiger partial charge on any atom is -0.480 e. The van der Waals surface area contributed by atoms with Gasteiger partial charge in [0.2, 0.25) is 0 Å². The third-order valence-electron chi connectivity index (χ3n) is 4.40. The number of halogens is 3. The fraction of sp³-hybridized carbons (Fsp3) is 0.933. The maximum atomic E-state index is 12.6. The van der Waals surface area contributed by atoms with Gasteiger partial charge in [0.05, 0.1) is 13.1 Å². The van der Waals surface area contributed by atoms with Crippen molar-refractivity contribution >= 4 is 5.97 Å². The summed E-state index contributed by atoms with van der Waals surface area (Å²) in [4.78, 5) is 11.9. The third kappa shape index (κ3) is 6.68. The number of hydrogen-bond acceptors (Lipinski definition) is 2. The van der Waals surface area contributed by atoms with Crippen LogP contribution in [0.5, 0.6) is 0 Å². The monoisotopic (exact) mass is 309 g/mol. The van der Waals surface area contributed by atoms with E-state index in [4.69, 9.17) is 5.11 Å². The maximum Gasteiger partial charge on any atom is 0.401 e. The molecule has 0 heterocycles. The van der Waals surface area contributed by atoms with Crippen molar-refractivity contribution in [3.8, 4) is 0 Å². The molecule has 0 aromatic heterocycles. The smallest absolute Gasteiger partial charge is 0.401 e. The summed E-state index contributed by atoms with van der Waals surface area (Å²) in [6, 6.07) is -0.282. The molecule has 1 rings (SSSR count). The van der Waals surface area contributed by atoms with E-state index in [0.717, 1.165) is 24.2 Å². The molecule has 0 radical (unpaired) electrons. The Morgan fingerprint density at radius 2 is 1.76 bits per heavy atom. The van der Waals surface area contributed by atoms with E-state index >= 15 is 0 Å². The van der Waals surface area contributed by atoms with Crippen LogP contribution in [0.4, 0.5) is 13.2 Å². The minimum atomic E-state index is -4.36. The van der Waals surface area contributed by atoms with Crippen molar-refractivity contribution in [3.63, 3.8) is 0 Å². The zero-order valence-electron chi connectivity index (χ0n) is 13.0. The van der Waals surface area contributed by atoms with Crippen LogP contribution in [-0.2, 0) is 4.79 Å². The van der Waals surface area contributed by atoms with Crippen molar-refractivity contribution in [2.24, 2.45) is 11.3 Å². The number of carboxylic acids is 1. The van der Waals surface area contributed by atoms with Gasteiger partial charge in [0.25, 0.3) is 0 Å². The zero-order valence-corrected chi connectivity index (χ0v) is 13.0. The molecule has 0 aromatic carbocycles. The van der Waals surface area contributed by atoms with Gasteiger partial charge < -0.3 is 5.11 Å². The van der Waals surface area contributed by atoms with Gasteiger partial charge in [-0.15, -0.1) is 0 Å². The Morgan fingerprint density at radius 3 is 2.24 bits per heavy atom. The van der Waals surface area contributed by atoms with Crippen molar-refractivity contribution in [2.45, 2.75) is 65.1 Å². The van der Waals surface area contributed by atoms with Crippen molar-refractivity contribution in [2.75, 3.05) is 13.1 Å². The topological polar surface area (TPSA) is 40.5 Å². The molecule has 1 saturated carbocycles. The number of hydrogen-bond donors (Lipinski definition) is 1. The van der Waals surface area contributed by atoms with Crippen LogP contribution < -0.4 is 0 Å². The maximum absolute atomic E-state index is 12.6. The lowest BCUT2D eigenvalue weighted by atomic mass is 9.76. The first kappa shape index (κ1) is 18.3. The van der Waals surface area contributed by atoms with Gasteiger partial charge in [-0.25, -0.2) is 0 Å². The van der Waals surface area contributed by atoms with E-state index in [0.29, 0.717) is 18.8 Å². The molecule has 0 aliphatic heterocycles. The molecule has 3 nitrogen and oxygen atoms in total. The number of nitrogens with zero attached hydrogens (tertiary/aromatic N) is 1. The fourth-order valence-corrected chi connectivity index (χ4v) is 3.23. The quantitative estimate of drug-likeness (QED) is 0.800. The molecule has 1 aliphatic rings. The molecule has 0 saturated heterocycles. The average Bonchev–Trinajstić information content (AvgIpc) is 2.49. The van der Waals surface area contributed by atoms with Gasteiger partial charge in [0, 0.05) is 6.04 Å². The summed E-state index contributed by atoms with van der Waals surface area (Å²) < 4.78 is 37.9. The van der Waals surface area contributed by atoms with E-state index in [1.807, 2.05) is 0 Å². The van der Waals surface area contributed by atoms with E-state index in [2.05, 4.69) is 20.8 Å². The van der Waals surface area contributed by atoms with E-state index in [1.54, 1.807) is 0 Å². The Hall–Kier alpha value is -0.780. The lowest BCUT2D eigenvalue weighted by molar-refractivity contribution is -0.158. The van der Waals surface area contributed by atoms with Crippen LogP contribution in [0.2, 0.25) is 0 Å². The Bertz CT molecular complexity index is 350. The zero-order chi connectivity index (χ0) is 16.3. The van der Waals surface area contributed by atoms with E-state index < -0.39 is 25.2 Å². The summed E-state index contributed by atoms with van der Waals surface area (Å²) in [7, 11) is 0. The van der Waals surface area contributed by atoms with Gasteiger partial charge in [0.15, 0.2) is 0 Å². The van der Waals surface area contributed by atoms with Crippen LogP contribution in [0.3, 0.4) is 0 Å². The van der Waals surface area contributed by atoms with Crippen molar-refractivity contribution in [1.82, 2.24) is 4.90 Å². The molecule has 1 aliphatic carbocycles. The number of carbonyl (C=O) groups is 1. The lowest BCUT2D eigenvalue weighted by Crippen LogP contribution is -2.44. The highest BCUT2D eigenvalue weighted by Crippen LogP contribution is 2.38. The van der Waals surface area contributed by atoms with Gasteiger partial charge in [-0.2, -0.15) is 13.2 Å². The summed E-state index contributed by atoms with van der Waals surface area (Å²) in [5.41, 5.74) is 0.149. The highest BCUT2D eigenvalue weighted by Gasteiger charge is 2.36. The first-order chi connectivity index (χ1) is 9.49. The average molecular weight is 309 g/mol. The Kier molecular flexibility index (Phi) is 6.08. The molecule has 0 amide bonds. The SMILES string of the molecule is CC(C)(C)C1CCCC(N(CC(=O)O)CC(F)(F)F)CC1. The summed E-state index contributed by atoms with van der Waals surface area (Å²) in [6.07, 6.45) is -0.331. The standard InChI is InChI=1S/C15H26F3NO2/c1-14(2,3)11-5-4-6-12(8-7-11)19(9-13(20)21)10-15(16,17)18/h11-12H,4-10H2,1-3H3,(H,20,21). The van der Waals surface area contributed by atoms with Crippen LogP contribution in [0, 0.1) is 11.3 Å². The summed E-state index contributed by atoms with van der Waals surface area (Å²) in [6.45, 7) is 4.79. The van der Waals surface area contributed by atoms with Gasteiger partial charge in [-0.3, -0.25) is 9.69 Å². The number of carboxylic acid groups (broad SMARTS) is 1. The van der Waals surface area contributed by atoms with Crippen molar-refractivity contribution < 1.29 is 23.1 Å². The number of alkyl halides is 3. The third-order valence-corrected chi connectivity index (χ3v) is 4.40. The van der Waals surface area contributed by atoms with E-state index in [1.165, 1.54) is 0 Å². The molecular weight excluding hydrogens is 283 g/mol. The largest absolute Gasteiger partial charge is 0.480 e. The minimum absolute atomic E-state index is 0.149. The van der Waals surface area contributed by atoms with E-state index in [-0.39, 0.29) is 11.5 Å².